The first kappa shape index (κ1) is 11.6. The van der Waals surface area contributed by atoms with Crippen molar-refractivity contribution < 1.29 is 0 Å². The number of fused-ring (bicyclic) bond motifs is 1. The Morgan fingerprint density at radius 3 is 3.06 bits per heavy atom. The molecule has 0 spiro atoms. The molecule has 0 bridgehead atoms. The lowest BCUT2D eigenvalue weighted by Crippen LogP contribution is -2.42. The van der Waals surface area contributed by atoms with E-state index in [1.54, 1.807) is 0 Å². The highest BCUT2D eigenvalue weighted by atomic mass is 15.1. The number of hydrogen-bond donors (Lipinski definition) is 1. The fraction of sp³-hybridized carbons (Fsp3) is 0.400. The number of piperidine rings is 1. The van der Waals surface area contributed by atoms with E-state index < -0.39 is 0 Å². The van der Waals surface area contributed by atoms with Gasteiger partial charge in [0.2, 0.25) is 0 Å². The van der Waals surface area contributed by atoms with Crippen LogP contribution in [0.5, 0.6) is 0 Å². The number of benzene rings is 1. The molecule has 1 fully saturated rings. The second-order valence-corrected chi connectivity index (χ2v) is 5.13. The topological polar surface area (TPSA) is 42.1 Å². The van der Waals surface area contributed by atoms with Gasteiger partial charge in [-0.05, 0) is 31.0 Å². The summed E-state index contributed by atoms with van der Waals surface area (Å²) in [7, 11) is 0. The van der Waals surface area contributed by atoms with Crippen molar-refractivity contribution in [2.75, 3.05) is 13.1 Å². The minimum absolute atomic E-state index is 0.335. The molecule has 1 aromatic heterocycles. The van der Waals surface area contributed by atoms with Crippen molar-refractivity contribution in [1.82, 2.24) is 9.88 Å². The van der Waals surface area contributed by atoms with E-state index in [4.69, 9.17) is 5.73 Å². The molecule has 18 heavy (non-hydrogen) atoms. The maximum Gasteiger partial charge on any atom is 0.0746 e. The van der Waals surface area contributed by atoms with Gasteiger partial charge in [-0.2, -0.15) is 0 Å². The number of para-hydroxylation sites is 1. The highest BCUT2D eigenvalue weighted by Gasteiger charge is 2.17. The smallest absolute Gasteiger partial charge is 0.0746 e. The van der Waals surface area contributed by atoms with Crippen molar-refractivity contribution >= 4 is 10.9 Å². The van der Waals surface area contributed by atoms with Crippen LogP contribution < -0.4 is 5.73 Å². The Balaban J connectivity index is 1.86. The molecule has 2 heterocycles. The Morgan fingerprint density at radius 2 is 2.17 bits per heavy atom. The minimum atomic E-state index is 0.335. The third-order valence-corrected chi connectivity index (χ3v) is 3.65. The third-order valence-electron chi connectivity index (χ3n) is 3.65. The van der Waals surface area contributed by atoms with Crippen molar-refractivity contribution in [3.05, 3.63) is 42.1 Å². The Kier molecular flexibility index (Phi) is 3.26. The normalized spacial score (nSPS) is 21.3. The van der Waals surface area contributed by atoms with Crippen LogP contribution in [-0.4, -0.2) is 29.0 Å². The average Bonchev–Trinajstić information content (AvgIpc) is 2.39. The predicted molar refractivity (Wildman–Crippen MR) is 74.2 cm³/mol. The van der Waals surface area contributed by atoms with E-state index in [9.17, 15) is 0 Å². The standard InChI is InChI=1S/C15H19N3/c16-14-7-3-9-18(11-14)10-13-5-1-4-12-6-2-8-17-15(12)13/h1-2,4-6,8,14H,3,7,9-11,16H2. The van der Waals surface area contributed by atoms with Crippen LogP contribution in [0.4, 0.5) is 0 Å². The fourth-order valence-corrected chi connectivity index (χ4v) is 2.77. The first-order valence-electron chi connectivity index (χ1n) is 6.63. The molecule has 0 aliphatic carbocycles. The van der Waals surface area contributed by atoms with Crippen LogP contribution in [0, 0.1) is 0 Å². The van der Waals surface area contributed by atoms with E-state index in [1.165, 1.54) is 17.4 Å². The van der Waals surface area contributed by atoms with Gasteiger partial charge in [-0.15, -0.1) is 0 Å². The summed E-state index contributed by atoms with van der Waals surface area (Å²) in [4.78, 5) is 6.95. The first-order valence-corrected chi connectivity index (χ1v) is 6.63. The van der Waals surface area contributed by atoms with Gasteiger partial charge < -0.3 is 5.73 Å². The summed E-state index contributed by atoms with van der Waals surface area (Å²) in [5, 5.41) is 1.22. The van der Waals surface area contributed by atoms with Gasteiger partial charge in [-0.3, -0.25) is 9.88 Å². The quantitative estimate of drug-likeness (QED) is 0.876. The Bertz CT molecular complexity index is 533. The van der Waals surface area contributed by atoms with Gasteiger partial charge in [0, 0.05) is 30.7 Å². The SMILES string of the molecule is NC1CCCN(Cc2cccc3cccnc23)C1. The molecule has 3 nitrogen and oxygen atoms in total. The van der Waals surface area contributed by atoms with Gasteiger partial charge in [0.1, 0.15) is 0 Å². The van der Waals surface area contributed by atoms with Crippen LogP contribution in [0.1, 0.15) is 18.4 Å². The summed E-state index contributed by atoms with van der Waals surface area (Å²) < 4.78 is 0. The molecule has 2 N–H and O–H groups in total. The monoisotopic (exact) mass is 241 g/mol. The molecule has 3 rings (SSSR count). The predicted octanol–water partition coefficient (Wildman–Crippen LogP) is 2.16. The van der Waals surface area contributed by atoms with Crippen molar-refractivity contribution in [1.29, 1.82) is 0 Å². The summed E-state index contributed by atoms with van der Waals surface area (Å²) in [6.07, 6.45) is 4.23. The highest BCUT2D eigenvalue weighted by molar-refractivity contribution is 5.81. The molecule has 1 aromatic carbocycles. The van der Waals surface area contributed by atoms with Gasteiger partial charge >= 0.3 is 0 Å². The van der Waals surface area contributed by atoms with E-state index in [1.807, 2.05) is 12.3 Å². The Labute approximate surface area is 108 Å². The van der Waals surface area contributed by atoms with E-state index in [0.717, 1.165) is 31.6 Å². The summed E-state index contributed by atoms with van der Waals surface area (Å²) in [5.74, 6) is 0. The molecule has 0 saturated carbocycles. The largest absolute Gasteiger partial charge is 0.327 e. The van der Waals surface area contributed by atoms with E-state index in [0.29, 0.717) is 6.04 Å². The van der Waals surface area contributed by atoms with Crippen LogP contribution >= 0.6 is 0 Å². The van der Waals surface area contributed by atoms with Crippen molar-refractivity contribution in [2.24, 2.45) is 5.73 Å². The van der Waals surface area contributed by atoms with Crippen LogP contribution in [0.3, 0.4) is 0 Å². The minimum Gasteiger partial charge on any atom is -0.327 e. The van der Waals surface area contributed by atoms with Gasteiger partial charge in [0.15, 0.2) is 0 Å². The van der Waals surface area contributed by atoms with E-state index in [-0.39, 0.29) is 0 Å². The van der Waals surface area contributed by atoms with Gasteiger partial charge in [-0.1, -0.05) is 24.3 Å². The Hall–Kier alpha value is -1.45. The highest BCUT2D eigenvalue weighted by Crippen LogP contribution is 2.19. The second kappa shape index (κ2) is 5.04. The maximum atomic E-state index is 6.03. The average molecular weight is 241 g/mol. The number of pyridine rings is 1. The van der Waals surface area contributed by atoms with Gasteiger partial charge in [0.25, 0.3) is 0 Å². The Morgan fingerprint density at radius 1 is 1.28 bits per heavy atom. The zero-order valence-electron chi connectivity index (χ0n) is 10.5. The van der Waals surface area contributed by atoms with Crippen LogP contribution in [0.2, 0.25) is 0 Å². The molecule has 0 amide bonds. The summed E-state index contributed by atoms with van der Waals surface area (Å²) in [6.45, 7) is 3.11. The van der Waals surface area contributed by atoms with Crippen molar-refractivity contribution in [2.45, 2.75) is 25.4 Å². The van der Waals surface area contributed by atoms with Crippen molar-refractivity contribution in [3.63, 3.8) is 0 Å². The fourth-order valence-electron chi connectivity index (χ4n) is 2.77. The van der Waals surface area contributed by atoms with E-state index >= 15 is 0 Å². The number of likely N-dealkylation sites (tertiary alicyclic amines) is 1. The summed E-state index contributed by atoms with van der Waals surface area (Å²) in [6, 6.07) is 10.9. The molecule has 94 valence electrons. The molecular formula is C15H19N3. The number of nitrogens with zero attached hydrogens (tertiary/aromatic N) is 2. The summed E-state index contributed by atoms with van der Waals surface area (Å²) >= 11 is 0. The lowest BCUT2D eigenvalue weighted by molar-refractivity contribution is 0.202. The van der Waals surface area contributed by atoms with Crippen LogP contribution in [-0.2, 0) is 6.54 Å². The molecular weight excluding hydrogens is 222 g/mol. The molecule has 2 aromatic rings. The first-order chi connectivity index (χ1) is 8.83. The lowest BCUT2D eigenvalue weighted by atomic mass is 10.0. The lowest BCUT2D eigenvalue weighted by Gasteiger charge is -2.30. The molecule has 1 aliphatic rings. The van der Waals surface area contributed by atoms with E-state index in [2.05, 4.69) is 34.1 Å². The second-order valence-electron chi connectivity index (χ2n) is 5.13. The van der Waals surface area contributed by atoms with Crippen LogP contribution in [0.15, 0.2) is 36.5 Å². The van der Waals surface area contributed by atoms with Crippen molar-refractivity contribution in [3.8, 4) is 0 Å². The maximum absolute atomic E-state index is 6.03. The number of rotatable bonds is 2. The number of aromatic nitrogens is 1. The molecule has 1 unspecified atom stereocenters. The van der Waals surface area contributed by atoms with Gasteiger partial charge in [-0.25, -0.2) is 0 Å². The number of nitrogens with two attached hydrogens (primary N) is 1. The zero-order chi connectivity index (χ0) is 12.4. The molecule has 3 heteroatoms. The molecule has 1 aliphatic heterocycles. The molecule has 0 radical (unpaired) electrons. The van der Waals surface area contributed by atoms with Crippen LogP contribution in [0.25, 0.3) is 10.9 Å². The third kappa shape index (κ3) is 2.37. The summed E-state index contributed by atoms with van der Waals surface area (Å²) in [5.41, 5.74) is 8.47. The zero-order valence-corrected chi connectivity index (χ0v) is 10.5. The van der Waals surface area contributed by atoms with Gasteiger partial charge in [0.05, 0.1) is 5.52 Å². The molecule has 1 atom stereocenters. The molecule has 1 saturated heterocycles. The number of hydrogen-bond acceptors (Lipinski definition) is 3.